The van der Waals surface area contributed by atoms with Crippen molar-refractivity contribution < 1.29 is 0 Å². The third kappa shape index (κ3) is 2.67. The third-order valence-electron chi connectivity index (χ3n) is 3.22. The summed E-state index contributed by atoms with van der Waals surface area (Å²) in [5.41, 5.74) is 4.39. The van der Waals surface area contributed by atoms with Crippen LogP contribution in [0.3, 0.4) is 0 Å². The molecule has 0 spiro atoms. The molecule has 102 valence electrons. The Morgan fingerprint density at radius 2 is 2.05 bits per heavy atom. The van der Waals surface area contributed by atoms with Crippen LogP contribution in [0.25, 0.3) is 11.0 Å². The number of fused-ring (bicyclic) bond motifs is 1. The molecule has 3 aromatic rings. The monoisotopic (exact) mass is 330 g/mol. The maximum Gasteiger partial charge on any atom is 0.126 e. The summed E-state index contributed by atoms with van der Waals surface area (Å²) in [6.07, 6.45) is 4.54. The van der Waals surface area contributed by atoms with Crippen LogP contribution in [0.2, 0.25) is 0 Å². The molecule has 0 aliphatic heterocycles. The average molecular weight is 331 g/mol. The van der Waals surface area contributed by atoms with Crippen LogP contribution >= 0.6 is 15.9 Å². The quantitative estimate of drug-likeness (QED) is 0.762. The highest BCUT2D eigenvalue weighted by molar-refractivity contribution is 9.10. The molecule has 0 aliphatic carbocycles. The minimum Gasteiger partial charge on any atom is -0.378 e. The second-order valence-corrected chi connectivity index (χ2v) is 5.44. The molecular formula is C15H15BrN4. The Balaban J connectivity index is 1.82. The highest BCUT2D eigenvalue weighted by Gasteiger charge is 2.06. The zero-order valence-corrected chi connectivity index (χ0v) is 12.7. The van der Waals surface area contributed by atoms with E-state index < -0.39 is 0 Å². The SMILES string of the molecule is CCc1cc2[nH]c(CNc3ccncc3)nc2cc1Br. The van der Waals surface area contributed by atoms with Gasteiger partial charge in [0.15, 0.2) is 0 Å². The minimum absolute atomic E-state index is 0.664. The number of nitrogens with one attached hydrogen (secondary N) is 2. The molecule has 0 amide bonds. The number of benzene rings is 1. The molecule has 0 saturated heterocycles. The molecule has 0 atom stereocenters. The molecule has 0 saturated carbocycles. The van der Waals surface area contributed by atoms with Gasteiger partial charge in [-0.05, 0) is 36.2 Å². The summed E-state index contributed by atoms with van der Waals surface area (Å²) < 4.78 is 1.12. The van der Waals surface area contributed by atoms with Crippen LogP contribution in [0.4, 0.5) is 5.69 Å². The second kappa shape index (κ2) is 5.63. The Morgan fingerprint density at radius 3 is 2.80 bits per heavy atom. The van der Waals surface area contributed by atoms with Crippen LogP contribution in [0.1, 0.15) is 18.3 Å². The van der Waals surface area contributed by atoms with Gasteiger partial charge < -0.3 is 10.3 Å². The fraction of sp³-hybridized carbons (Fsp3) is 0.200. The van der Waals surface area contributed by atoms with E-state index in [-0.39, 0.29) is 0 Å². The zero-order chi connectivity index (χ0) is 13.9. The Bertz CT molecular complexity index is 721. The van der Waals surface area contributed by atoms with Gasteiger partial charge in [-0.25, -0.2) is 4.98 Å². The van der Waals surface area contributed by atoms with Gasteiger partial charge in [-0.15, -0.1) is 0 Å². The van der Waals surface area contributed by atoms with Crippen molar-refractivity contribution in [3.63, 3.8) is 0 Å². The number of aromatic amines is 1. The van der Waals surface area contributed by atoms with Crippen LogP contribution in [-0.4, -0.2) is 15.0 Å². The number of anilines is 1. The van der Waals surface area contributed by atoms with Gasteiger partial charge in [-0.2, -0.15) is 0 Å². The molecule has 0 radical (unpaired) electrons. The first kappa shape index (κ1) is 13.1. The highest BCUT2D eigenvalue weighted by atomic mass is 79.9. The Morgan fingerprint density at radius 1 is 1.25 bits per heavy atom. The second-order valence-electron chi connectivity index (χ2n) is 4.59. The number of imidazole rings is 1. The molecule has 0 bridgehead atoms. The molecule has 4 nitrogen and oxygen atoms in total. The van der Waals surface area contributed by atoms with Crippen molar-refractivity contribution in [3.05, 3.63) is 52.5 Å². The molecule has 5 heteroatoms. The van der Waals surface area contributed by atoms with Crippen molar-refractivity contribution in [2.45, 2.75) is 19.9 Å². The van der Waals surface area contributed by atoms with Crippen LogP contribution in [-0.2, 0) is 13.0 Å². The number of H-pyrrole nitrogens is 1. The van der Waals surface area contributed by atoms with Gasteiger partial charge in [0.2, 0.25) is 0 Å². The Hall–Kier alpha value is -1.88. The molecule has 20 heavy (non-hydrogen) atoms. The lowest BCUT2D eigenvalue weighted by Gasteiger charge is -2.02. The van der Waals surface area contributed by atoms with Gasteiger partial charge in [-0.3, -0.25) is 4.98 Å². The van der Waals surface area contributed by atoms with Crippen molar-refractivity contribution >= 4 is 32.7 Å². The van der Waals surface area contributed by atoms with E-state index in [1.807, 2.05) is 12.1 Å². The number of rotatable bonds is 4. The standard InChI is InChI=1S/C15H15BrN4/c1-2-10-7-13-14(8-12(10)16)20-15(19-13)9-18-11-3-5-17-6-4-11/h3-8H,2,9H2,1H3,(H,17,18)(H,19,20). The normalized spacial score (nSPS) is 10.9. The van der Waals surface area contributed by atoms with Gasteiger partial charge in [0, 0.05) is 22.6 Å². The third-order valence-corrected chi connectivity index (χ3v) is 3.96. The van der Waals surface area contributed by atoms with E-state index in [1.165, 1.54) is 5.56 Å². The molecule has 0 unspecified atom stereocenters. The van der Waals surface area contributed by atoms with Crippen LogP contribution in [0, 0.1) is 0 Å². The number of aromatic nitrogens is 3. The topological polar surface area (TPSA) is 53.6 Å². The van der Waals surface area contributed by atoms with E-state index in [1.54, 1.807) is 12.4 Å². The van der Waals surface area contributed by atoms with Crippen molar-refractivity contribution in [3.8, 4) is 0 Å². The van der Waals surface area contributed by atoms with Gasteiger partial charge in [0.1, 0.15) is 5.82 Å². The van der Waals surface area contributed by atoms with Crippen molar-refractivity contribution in [2.75, 3.05) is 5.32 Å². The largest absolute Gasteiger partial charge is 0.378 e. The fourth-order valence-corrected chi connectivity index (χ4v) is 2.75. The summed E-state index contributed by atoms with van der Waals surface area (Å²) in [5.74, 6) is 0.928. The lowest BCUT2D eigenvalue weighted by atomic mass is 10.1. The summed E-state index contributed by atoms with van der Waals surface area (Å²) in [6.45, 7) is 2.81. The lowest BCUT2D eigenvalue weighted by Crippen LogP contribution is -2.00. The van der Waals surface area contributed by atoms with E-state index in [4.69, 9.17) is 0 Å². The van der Waals surface area contributed by atoms with E-state index in [2.05, 4.69) is 55.3 Å². The van der Waals surface area contributed by atoms with Crippen LogP contribution in [0.15, 0.2) is 41.1 Å². The molecule has 0 fully saturated rings. The molecule has 2 heterocycles. The predicted molar refractivity (Wildman–Crippen MR) is 84.7 cm³/mol. The fourth-order valence-electron chi connectivity index (χ4n) is 2.14. The van der Waals surface area contributed by atoms with Crippen molar-refractivity contribution in [1.29, 1.82) is 0 Å². The first-order chi connectivity index (χ1) is 9.76. The number of hydrogen-bond acceptors (Lipinski definition) is 3. The molecule has 2 aromatic heterocycles. The first-order valence-corrected chi connectivity index (χ1v) is 7.36. The highest BCUT2D eigenvalue weighted by Crippen LogP contribution is 2.23. The van der Waals surface area contributed by atoms with Gasteiger partial charge in [-0.1, -0.05) is 22.9 Å². The summed E-state index contributed by atoms with van der Waals surface area (Å²) in [6, 6.07) is 8.10. The van der Waals surface area contributed by atoms with E-state index in [9.17, 15) is 0 Å². The van der Waals surface area contributed by atoms with Gasteiger partial charge in [0.05, 0.1) is 17.6 Å². The summed E-state index contributed by atoms with van der Waals surface area (Å²) in [4.78, 5) is 12.0. The van der Waals surface area contributed by atoms with E-state index in [0.29, 0.717) is 6.54 Å². The van der Waals surface area contributed by atoms with Gasteiger partial charge in [0.25, 0.3) is 0 Å². The zero-order valence-electron chi connectivity index (χ0n) is 11.2. The Labute approximate surface area is 125 Å². The number of halogens is 1. The minimum atomic E-state index is 0.664. The predicted octanol–water partition coefficient (Wildman–Crippen LogP) is 3.89. The molecule has 2 N–H and O–H groups in total. The molecule has 0 aliphatic rings. The Kier molecular flexibility index (Phi) is 3.69. The van der Waals surface area contributed by atoms with Crippen molar-refractivity contribution in [2.24, 2.45) is 0 Å². The van der Waals surface area contributed by atoms with E-state index in [0.717, 1.165) is 33.4 Å². The lowest BCUT2D eigenvalue weighted by molar-refractivity contribution is 1.01. The maximum atomic E-state index is 4.60. The van der Waals surface area contributed by atoms with Crippen LogP contribution in [0.5, 0.6) is 0 Å². The van der Waals surface area contributed by atoms with E-state index >= 15 is 0 Å². The number of aryl methyl sites for hydroxylation is 1. The average Bonchev–Trinajstić information content (AvgIpc) is 2.87. The molecule has 1 aromatic carbocycles. The smallest absolute Gasteiger partial charge is 0.126 e. The van der Waals surface area contributed by atoms with Crippen LogP contribution < -0.4 is 5.32 Å². The molecule has 3 rings (SSSR count). The number of hydrogen-bond donors (Lipinski definition) is 2. The molecular weight excluding hydrogens is 316 g/mol. The van der Waals surface area contributed by atoms with Gasteiger partial charge >= 0.3 is 0 Å². The maximum absolute atomic E-state index is 4.60. The summed E-state index contributed by atoms with van der Waals surface area (Å²) in [5, 5.41) is 3.32. The van der Waals surface area contributed by atoms with Crippen molar-refractivity contribution in [1.82, 2.24) is 15.0 Å². The number of nitrogens with zero attached hydrogens (tertiary/aromatic N) is 2. The summed E-state index contributed by atoms with van der Waals surface area (Å²) in [7, 11) is 0. The summed E-state index contributed by atoms with van der Waals surface area (Å²) >= 11 is 3.59. The number of pyridine rings is 1. The first-order valence-electron chi connectivity index (χ1n) is 6.57.